The van der Waals surface area contributed by atoms with E-state index in [4.69, 9.17) is 0 Å². The lowest BCUT2D eigenvalue weighted by Crippen LogP contribution is -2.22. The number of amides is 1. The molecule has 2 aromatic carbocycles. The van der Waals surface area contributed by atoms with Crippen molar-refractivity contribution in [2.45, 2.75) is 29.1 Å². The molecule has 4 rings (SSSR count). The molecule has 7 heteroatoms. The van der Waals surface area contributed by atoms with Crippen molar-refractivity contribution < 1.29 is 14.5 Å². The van der Waals surface area contributed by atoms with Gasteiger partial charge < -0.3 is 10.4 Å². The largest absolute Gasteiger partial charge is 0.463 e. The zero-order valence-corrected chi connectivity index (χ0v) is 17.5. The van der Waals surface area contributed by atoms with Crippen LogP contribution in [0.5, 0.6) is 0 Å². The Labute approximate surface area is 174 Å². The van der Waals surface area contributed by atoms with Gasteiger partial charge in [0.15, 0.2) is 0 Å². The number of carbonyl (C=O) groups excluding carboxylic acids is 1. The van der Waals surface area contributed by atoms with Gasteiger partial charge in [-0.2, -0.15) is 4.58 Å². The molecule has 2 aliphatic rings. The average Bonchev–Trinajstić information content (AvgIpc) is 2.73. The minimum atomic E-state index is -0.150. The SMILES string of the molecule is C[N+]1=C(O)CSc2ccc(C(=O)Nc3ccc(SN4CCCCC4)cc3)cc21. The minimum absolute atomic E-state index is 0.150. The van der Waals surface area contributed by atoms with E-state index in [9.17, 15) is 9.90 Å². The molecule has 2 heterocycles. The highest BCUT2D eigenvalue weighted by Crippen LogP contribution is 2.33. The fraction of sp³-hybridized carbons (Fsp3) is 0.333. The zero-order chi connectivity index (χ0) is 19.5. The van der Waals surface area contributed by atoms with Crippen molar-refractivity contribution in [3.8, 4) is 0 Å². The van der Waals surface area contributed by atoms with Crippen molar-refractivity contribution in [3.05, 3.63) is 48.0 Å². The van der Waals surface area contributed by atoms with E-state index < -0.39 is 0 Å². The number of benzene rings is 2. The normalized spacial score (nSPS) is 17.3. The number of aliphatic hydroxyl groups is 1. The molecule has 0 aliphatic carbocycles. The highest BCUT2D eigenvalue weighted by atomic mass is 32.2. The molecule has 0 aromatic heterocycles. The zero-order valence-electron chi connectivity index (χ0n) is 15.9. The topological polar surface area (TPSA) is 55.6 Å². The number of carbonyl (C=O) groups is 1. The lowest BCUT2D eigenvalue weighted by atomic mass is 10.1. The summed E-state index contributed by atoms with van der Waals surface area (Å²) >= 11 is 3.37. The van der Waals surface area contributed by atoms with Crippen molar-refractivity contribution in [2.24, 2.45) is 0 Å². The van der Waals surface area contributed by atoms with Gasteiger partial charge in [-0.1, -0.05) is 6.42 Å². The maximum atomic E-state index is 12.7. The fourth-order valence-electron chi connectivity index (χ4n) is 3.33. The van der Waals surface area contributed by atoms with Gasteiger partial charge >= 0.3 is 5.90 Å². The van der Waals surface area contributed by atoms with Crippen LogP contribution in [0.4, 0.5) is 11.4 Å². The van der Waals surface area contributed by atoms with Crippen LogP contribution in [0.25, 0.3) is 0 Å². The van der Waals surface area contributed by atoms with E-state index in [2.05, 4.69) is 21.8 Å². The van der Waals surface area contributed by atoms with Crippen LogP contribution in [0.3, 0.4) is 0 Å². The van der Waals surface area contributed by atoms with Gasteiger partial charge in [-0.3, -0.25) is 4.79 Å². The molecule has 1 saturated heterocycles. The van der Waals surface area contributed by atoms with Crippen molar-refractivity contribution in [2.75, 3.05) is 31.2 Å². The number of fused-ring (bicyclic) bond motifs is 1. The van der Waals surface area contributed by atoms with Crippen molar-refractivity contribution in [3.63, 3.8) is 0 Å². The molecule has 1 amide bonds. The third-order valence-corrected chi connectivity index (χ3v) is 7.15. The monoisotopic (exact) mass is 414 g/mol. The van der Waals surface area contributed by atoms with E-state index in [1.165, 1.54) is 24.2 Å². The van der Waals surface area contributed by atoms with Gasteiger partial charge in [0, 0.05) is 35.3 Å². The second-order valence-electron chi connectivity index (χ2n) is 7.01. The number of nitrogens with one attached hydrogen (secondary N) is 1. The van der Waals surface area contributed by atoms with Gasteiger partial charge in [-0.25, -0.2) is 4.31 Å². The molecule has 2 aromatic rings. The van der Waals surface area contributed by atoms with Gasteiger partial charge in [-0.15, -0.1) is 11.8 Å². The lowest BCUT2D eigenvalue weighted by Gasteiger charge is -2.25. The summed E-state index contributed by atoms with van der Waals surface area (Å²) in [5, 5.41) is 12.9. The standard InChI is InChI=1S/C21H23N3O2S2/c1-23-18-13-15(5-10-19(18)27-14-20(23)25)21(26)22-16-6-8-17(9-7-16)28-24-11-3-2-4-12-24/h5-10,13H,2-4,11-12,14H2,1H3,(H,22,26)/p+1. The van der Waals surface area contributed by atoms with Gasteiger partial charge in [0.2, 0.25) is 5.69 Å². The molecular weight excluding hydrogens is 390 g/mol. The van der Waals surface area contributed by atoms with Crippen LogP contribution >= 0.6 is 23.7 Å². The Hall–Kier alpha value is -1.96. The summed E-state index contributed by atoms with van der Waals surface area (Å²) in [6, 6.07) is 13.6. The van der Waals surface area contributed by atoms with Crippen molar-refractivity contribution in [1.29, 1.82) is 0 Å². The fourth-order valence-corrected chi connectivity index (χ4v) is 5.31. The summed E-state index contributed by atoms with van der Waals surface area (Å²) in [6.07, 6.45) is 3.87. The van der Waals surface area contributed by atoms with E-state index in [-0.39, 0.29) is 5.91 Å². The maximum Gasteiger partial charge on any atom is 0.350 e. The number of hydrogen-bond donors (Lipinski definition) is 2. The Bertz CT molecular complexity index is 906. The van der Waals surface area contributed by atoms with Crippen LogP contribution in [0.1, 0.15) is 29.6 Å². The molecule has 0 atom stereocenters. The van der Waals surface area contributed by atoms with Crippen LogP contribution in [-0.2, 0) is 0 Å². The number of piperidine rings is 1. The lowest BCUT2D eigenvalue weighted by molar-refractivity contribution is -0.418. The molecular formula is C21H24N3O2S2+. The summed E-state index contributed by atoms with van der Waals surface area (Å²) in [6.45, 7) is 2.28. The van der Waals surface area contributed by atoms with Crippen LogP contribution < -0.4 is 5.32 Å². The molecule has 0 bridgehead atoms. The molecule has 2 N–H and O–H groups in total. The Morgan fingerprint density at radius 2 is 1.89 bits per heavy atom. The van der Waals surface area contributed by atoms with E-state index >= 15 is 0 Å². The number of rotatable bonds is 4. The van der Waals surface area contributed by atoms with E-state index in [1.54, 1.807) is 28.3 Å². The first-order chi connectivity index (χ1) is 13.6. The molecule has 2 aliphatic heterocycles. The first kappa shape index (κ1) is 19.4. The molecule has 0 radical (unpaired) electrons. The number of anilines is 1. The van der Waals surface area contributed by atoms with E-state index in [0.717, 1.165) is 29.4 Å². The first-order valence-electron chi connectivity index (χ1n) is 9.50. The minimum Gasteiger partial charge on any atom is -0.463 e. The van der Waals surface area contributed by atoms with Crippen LogP contribution in [0.2, 0.25) is 0 Å². The number of nitrogens with zero attached hydrogens (tertiary/aromatic N) is 2. The quantitative estimate of drug-likeness (QED) is 0.558. The Kier molecular flexibility index (Phi) is 5.94. The van der Waals surface area contributed by atoms with E-state index in [0.29, 0.717) is 17.2 Å². The number of thioether (sulfide) groups is 1. The van der Waals surface area contributed by atoms with Crippen LogP contribution in [-0.4, -0.2) is 51.7 Å². The molecule has 0 saturated carbocycles. The number of hydrogen-bond acceptors (Lipinski definition) is 4. The third kappa shape index (κ3) is 4.37. The smallest absolute Gasteiger partial charge is 0.350 e. The highest BCUT2D eigenvalue weighted by molar-refractivity contribution is 8.00. The summed E-state index contributed by atoms with van der Waals surface area (Å²) in [5.74, 6) is 0.705. The first-order valence-corrected chi connectivity index (χ1v) is 11.3. The Balaban J connectivity index is 1.42. The van der Waals surface area contributed by atoms with Gasteiger partial charge in [0.1, 0.15) is 12.8 Å². The number of aliphatic hydroxyl groups excluding tert-OH is 1. The molecule has 1 fully saturated rings. The summed E-state index contributed by atoms with van der Waals surface area (Å²) in [5.41, 5.74) is 2.21. The predicted molar refractivity (Wildman–Crippen MR) is 116 cm³/mol. The molecule has 28 heavy (non-hydrogen) atoms. The average molecular weight is 415 g/mol. The predicted octanol–water partition coefficient (Wildman–Crippen LogP) is 4.77. The second kappa shape index (κ2) is 8.59. The summed E-state index contributed by atoms with van der Waals surface area (Å²) in [7, 11) is 1.81. The molecule has 0 spiro atoms. The molecule has 5 nitrogen and oxygen atoms in total. The highest BCUT2D eigenvalue weighted by Gasteiger charge is 2.25. The van der Waals surface area contributed by atoms with Crippen molar-refractivity contribution in [1.82, 2.24) is 4.31 Å². The summed E-state index contributed by atoms with van der Waals surface area (Å²) in [4.78, 5) is 14.9. The van der Waals surface area contributed by atoms with Gasteiger partial charge in [-0.05, 0) is 61.2 Å². The van der Waals surface area contributed by atoms with E-state index in [1.807, 2.05) is 37.4 Å². The third-order valence-electron chi connectivity index (χ3n) is 4.99. The van der Waals surface area contributed by atoms with Crippen LogP contribution in [0.15, 0.2) is 52.3 Å². The summed E-state index contributed by atoms with van der Waals surface area (Å²) < 4.78 is 4.14. The van der Waals surface area contributed by atoms with Gasteiger partial charge in [0.05, 0.1) is 4.90 Å². The van der Waals surface area contributed by atoms with Crippen LogP contribution in [0, 0.1) is 0 Å². The molecule has 0 unspecified atom stereocenters. The second-order valence-corrected chi connectivity index (χ2v) is 9.19. The Morgan fingerprint density at radius 1 is 1.14 bits per heavy atom. The van der Waals surface area contributed by atoms with Crippen molar-refractivity contribution >= 4 is 46.9 Å². The Morgan fingerprint density at radius 3 is 2.64 bits per heavy atom. The molecule has 146 valence electrons. The maximum absolute atomic E-state index is 12.7. The van der Waals surface area contributed by atoms with Gasteiger partial charge in [0.25, 0.3) is 5.91 Å².